The van der Waals surface area contributed by atoms with Crippen LogP contribution in [0, 0.1) is 10.8 Å². The number of rotatable bonds is 6. The summed E-state index contributed by atoms with van der Waals surface area (Å²) < 4.78 is 14.8. The van der Waals surface area contributed by atoms with E-state index in [0.717, 1.165) is 24.0 Å². The summed E-state index contributed by atoms with van der Waals surface area (Å²) in [6.07, 6.45) is 5.75. The van der Waals surface area contributed by atoms with Crippen LogP contribution in [0.25, 0.3) is 0 Å². The van der Waals surface area contributed by atoms with Crippen LogP contribution in [0.15, 0.2) is 46.6 Å². The summed E-state index contributed by atoms with van der Waals surface area (Å²) in [6, 6.07) is 0. The van der Waals surface area contributed by atoms with E-state index in [0.29, 0.717) is 24.0 Å². The van der Waals surface area contributed by atoms with Crippen molar-refractivity contribution < 1.29 is 33.4 Å². The summed E-state index contributed by atoms with van der Waals surface area (Å²) in [5, 5.41) is 0. The molecule has 7 nitrogen and oxygen atoms in total. The quantitative estimate of drug-likeness (QED) is 0.309. The molecule has 2 rings (SSSR count). The second kappa shape index (κ2) is 11.2. The maximum absolute atomic E-state index is 12.1. The Morgan fingerprint density at radius 2 is 1.09 bits per heavy atom. The van der Waals surface area contributed by atoms with Crippen molar-refractivity contribution in [3.63, 3.8) is 0 Å². The van der Waals surface area contributed by atoms with Crippen LogP contribution >= 0.6 is 0 Å². The molecule has 2 aliphatic rings. The summed E-state index contributed by atoms with van der Waals surface area (Å²) >= 11 is 0. The smallest absolute Gasteiger partial charge is 0.427 e. The topological polar surface area (TPSA) is 96.0 Å². The highest BCUT2D eigenvalue weighted by atomic mass is 16.8. The minimum absolute atomic E-state index is 0.118. The molecule has 2 unspecified atom stereocenters. The first kappa shape index (κ1) is 28.3. The Morgan fingerprint density at radius 3 is 1.43 bits per heavy atom. The molecular formula is C28H38O7. The van der Waals surface area contributed by atoms with Gasteiger partial charge in [0.15, 0.2) is 11.6 Å². The zero-order valence-corrected chi connectivity index (χ0v) is 22.2. The Kier molecular flexibility index (Phi) is 9.04. The van der Waals surface area contributed by atoms with E-state index in [-0.39, 0.29) is 22.4 Å². The van der Waals surface area contributed by atoms with Crippen LogP contribution in [0.4, 0.5) is 9.59 Å². The number of hydrogen-bond donors (Lipinski definition) is 0. The van der Waals surface area contributed by atoms with Crippen molar-refractivity contribution >= 4 is 23.9 Å². The van der Waals surface area contributed by atoms with Crippen LogP contribution in [-0.2, 0) is 23.8 Å². The average molecular weight is 487 g/mol. The first-order valence-corrected chi connectivity index (χ1v) is 12.1. The van der Waals surface area contributed by atoms with Crippen molar-refractivity contribution in [2.24, 2.45) is 10.8 Å². The lowest BCUT2D eigenvalue weighted by Gasteiger charge is -2.32. The monoisotopic (exact) mass is 486 g/mol. The molecule has 0 aromatic carbocycles. The SMILES string of the molecule is CC1=C(C=CC(C)OC(=O)OC(=O)OC(C)C=CC2=C(C)C(=O)CCC2(C)C)C(C)(C)CCC1=O. The standard InChI is InChI=1S/C28H38O7/c1-17(9-11-21-19(3)23(29)13-15-27(21,5)6)33-25(31)35-26(32)34-18(2)10-12-22-20(4)24(30)14-16-28(22,7)8/h9-12,17-18H,13-16H2,1-8H3. The summed E-state index contributed by atoms with van der Waals surface area (Å²) in [4.78, 5) is 48.1. The van der Waals surface area contributed by atoms with E-state index in [4.69, 9.17) is 9.47 Å². The van der Waals surface area contributed by atoms with Crippen LogP contribution in [0.2, 0.25) is 0 Å². The molecule has 0 aliphatic heterocycles. The first-order chi connectivity index (χ1) is 16.1. The summed E-state index contributed by atoms with van der Waals surface area (Å²) in [6.45, 7) is 15.1. The van der Waals surface area contributed by atoms with Crippen LogP contribution < -0.4 is 0 Å². The predicted octanol–water partition coefficient (Wildman–Crippen LogP) is 6.58. The van der Waals surface area contributed by atoms with Gasteiger partial charge in [-0.25, -0.2) is 9.59 Å². The fraction of sp³-hybridized carbons (Fsp3) is 0.571. The zero-order valence-electron chi connectivity index (χ0n) is 22.2. The third kappa shape index (κ3) is 7.51. The second-order valence-electron chi connectivity index (χ2n) is 10.7. The molecule has 35 heavy (non-hydrogen) atoms. The Labute approximate surface area is 208 Å². The van der Waals surface area contributed by atoms with Crippen LogP contribution in [0.5, 0.6) is 0 Å². The summed E-state index contributed by atoms with van der Waals surface area (Å²) in [7, 11) is 0. The number of carbonyl (C=O) groups excluding carboxylic acids is 4. The Morgan fingerprint density at radius 1 is 0.743 bits per heavy atom. The summed E-state index contributed by atoms with van der Waals surface area (Å²) in [5.74, 6) is 0.237. The van der Waals surface area contributed by atoms with Gasteiger partial charge in [0, 0.05) is 12.8 Å². The molecule has 0 bridgehead atoms. The van der Waals surface area contributed by atoms with Gasteiger partial charge in [-0.2, -0.15) is 0 Å². The average Bonchev–Trinajstić information content (AvgIpc) is 2.73. The fourth-order valence-corrected chi connectivity index (χ4v) is 4.47. The molecular weight excluding hydrogens is 448 g/mol. The van der Waals surface area contributed by atoms with Gasteiger partial charge >= 0.3 is 12.3 Å². The normalized spacial score (nSPS) is 21.9. The third-order valence-corrected chi connectivity index (χ3v) is 6.86. The first-order valence-electron chi connectivity index (χ1n) is 12.1. The number of Topliss-reactive ketones (excluding diaryl/α,β-unsaturated/α-hetero) is 2. The van der Waals surface area contributed by atoms with E-state index >= 15 is 0 Å². The van der Waals surface area contributed by atoms with Crippen molar-refractivity contribution in [3.8, 4) is 0 Å². The maximum atomic E-state index is 12.1. The lowest BCUT2D eigenvalue weighted by molar-refractivity contribution is -0.117. The van der Waals surface area contributed by atoms with E-state index in [2.05, 4.69) is 32.4 Å². The van der Waals surface area contributed by atoms with E-state index in [1.54, 1.807) is 52.0 Å². The minimum Gasteiger partial charge on any atom is -0.427 e. The van der Waals surface area contributed by atoms with Crippen molar-refractivity contribution in [2.45, 2.75) is 93.3 Å². The van der Waals surface area contributed by atoms with Crippen molar-refractivity contribution in [1.82, 2.24) is 0 Å². The molecule has 192 valence electrons. The van der Waals surface area contributed by atoms with Gasteiger partial charge in [-0.15, -0.1) is 0 Å². The molecule has 0 saturated heterocycles. The van der Waals surface area contributed by atoms with Gasteiger partial charge in [0.1, 0.15) is 12.2 Å². The zero-order chi connectivity index (χ0) is 26.6. The Bertz CT molecular complexity index is 924. The molecule has 2 aliphatic carbocycles. The van der Waals surface area contributed by atoms with Gasteiger partial charge in [0.2, 0.25) is 0 Å². The van der Waals surface area contributed by atoms with Crippen molar-refractivity contribution in [3.05, 3.63) is 46.6 Å². The van der Waals surface area contributed by atoms with Gasteiger partial charge < -0.3 is 14.2 Å². The number of allylic oxidation sites excluding steroid dienone is 6. The molecule has 0 heterocycles. The molecule has 2 atom stereocenters. The van der Waals surface area contributed by atoms with E-state index in [1.165, 1.54) is 0 Å². The van der Waals surface area contributed by atoms with Gasteiger partial charge in [0.25, 0.3) is 0 Å². The highest BCUT2D eigenvalue weighted by Crippen LogP contribution is 2.40. The highest BCUT2D eigenvalue weighted by molar-refractivity contribution is 5.97. The maximum Gasteiger partial charge on any atom is 0.519 e. The van der Waals surface area contributed by atoms with E-state index < -0.39 is 24.5 Å². The molecule has 0 aromatic heterocycles. The highest BCUT2D eigenvalue weighted by Gasteiger charge is 2.32. The molecule has 0 fully saturated rings. The predicted molar refractivity (Wildman–Crippen MR) is 133 cm³/mol. The molecule has 7 heteroatoms. The second-order valence-corrected chi connectivity index (χ2v) is 10.7. The van der Waals surface area contributed by atoms with Crippen molar-refractivity contribution in [1.29, 1.82) is 0 Å². The molecule has 0 radical (unpaired) electrons. The van der Waals surface area contributed by atoms with Crippen molar-refractivity contribution in [2.75, 3.05) is 0 Å². The fourth-order valence-electron chi connectivity index (χ4n) is 4.47. The lowest BCUT2D eigenvalue weighted by Crippen LogP contribution is -2.25. The third-order valence-electron chi connectivity index (χ3n) is 6.86. The number of carbonyl (C=O) groups is 4. The van der Waals surface area contributed by atoms with Crippen LogP contribution in [0.3, 0.4) is 0 Å². The number of hydrogen-bond acceptors (Lipinski definition) is 7. The molecule has 0 N–H and O–H groups in total. The van der Waals surface area contributed by atoms with Crippen LogP contribution in [0.1, 0.15) is 81.1 Å². The van der Waals surface area contributed by atoms with Crippen LogP contribution in [-0.4, -0.2) is 36.1 Å². The molecule has 0 spiro atoms. The minimum atomic E-state index is -1.18. The number of ketones is 2. The van der Waals surface area contributed by atoms with Gasteiger partial charge in [0.05, 0.1) is 0 Å². The molecule has 0 amide bonds. The Hall–Kier alpha value is -2.96. The molecule has 0 aromatic rings. The van der Waals surface area contributed by atoms with Gasteiger partial charge in [-0.1, -0.05) is 39.8 Å². The van der Waals surface area contributed by atoms with Gasteiger partial charge in [-0.3, -0.25) is 9.59 Å². The number of ether oxygens (including phenoxy) is 3. The van der Waals surface area contributed by atoms with E-state index in [9.17, 15) is 19.2 Å². The largest absolute Gasteiger partial charge is 0.519 e. The molecule has 0 saturated carbocycles. The Balaban J connectivity index is 1.90. The lowest BCUT2D eigenvalue weighted by atomic mass is 9.72. The van der Waals surface area contributed by atoms with Gasteiger partial charge in [-0.05, 0) is 85.8 Å². The summed E-state index contributed by atoms with van der Waals surface area (Å²) in [5.41, 5.74) is 2.93. The van der Waals surface area contributed by atoms with E-state index in [1.807, 2.05) is 0 Å².